The van der Waals surface area contributed by atoms with E-state index in [0.29, 0.717) is 0 Å². The third-order valence-electron chi connectivity index (χ3n) is 2.08. The second kappa shape index (κ2) is 5.31. The molecule has 0 bridgehead atoms. The molecule has 5 nitrogen and oxygen atoms in total. The van der Waals surface area contributed by atoms with Gasteiger partial charge in [-0.2, -0.15) is 15.0 Å². The zero-order chi connectivity index (χ0) is 14.0. The van der Waals surface area contributed by atoms with Crippen molar-refractivity contribution in [2.45, 2.75) is 0 Å². The molecule has 0 N–H and O–H groups in total. The van der Waals surface area contributed by atoms with Crippen LogP contribution in [-0.4, -0.2) is 29.0 Å². The lowest BCUT2D eigenvalue weighted by molar-refractivity contribution is 0.429. The third kappa shape index (κ3) is 3.25. The normalized spacial score (nSPS) is 10.4. The lowest BCUT2D eigenvalue weighted by Crippen LogP contribution is -2.13. The summed E-state index contributed by atoms with van der Waals surface area (Å²) in [6.07, 6.45) is 0. The van der Waals surface area contributed by atoms with E-state index in [2.05, 4.69) is 15.0 Å². The molecule has 0 saturated heterocycles. The zero-order valence-electron chi connectivity index (χ0n) is 10.1. The fraction of sp³-hybridized carbons (Fsp3) is 0.182. The number of ether oxygens (including phenoxy) is 1. The topological polar surface area (TPSA) is 51.1 Å². The molecule has 0 spiro atoms. The standard InChI is InChI=1S/C11H9ClF2N4O/c1-18(2)10-15-9(12)16-11(17-10)19-6-3-4-7(13)8(14)5-6/h3-5H,1-2H3. The van der Waals surface area contributed by atoms with E-state index in [0.717, 1.165) is 12.1 Å². The first-order chi connectivity index (χ1) is 8.95. The Labute approximate surface area is 112 Å². The van der Waals surface area contributed by atoms with Crippen LogP contribution in [0.25, 0.3) is 0 Å². The number of anilines is 1. The Bertz CT molecular complexity index is 609. The Morgan fingerprint density at radius 2 is 1.84 bits per heavy atom. The lowest BCUT2D eigenvalue weighted by atomic mass is 10.3. The first kappa shape index (κ1) is 13.4. The molecule has 8 heteroatoms. The molecule has 0 unspecified atom stereocenters. The molecule has 2 aromatic rings. The van der Waals surface area contributed by atoms with E-state index in [-0.39, 0.29) is 23.0 Å². The van der Waals surface area contributed by atoms with Crippen molar-refractivity contribution in [3.63, 3.8) is 0 Å². The van der Waals surface area contributed by atoms with E-state index in [1.807, 2.05) is 0 Å². The summed E-state index contributed by atoms with van der Waals surface area (Å²) < 4.78 is 31.0. The second-order valence-electron chi connectivity index (χ2n) is 3.76. The van der Waals surface area contributed by atoms with Crippen LogP contribution in [0.15, 0.2) is 18.2 Å². The maximum atomic E-state index is 13.0. The minimum absolute atomic E-state index is 0.0590. The van der Waals surface area contributed by atoms with Gasteiger partial charge in [0, 0.05) is 20.2 Å². The van der Waals surface area contributed by atoms with E-state index in [9.17, 15) is 8.78 Å². The molecular formula is C11H9ClF2N4O. The smallest absolute Gasteiger partial charge is 0.328 e. The molecule has 1 aromatic carbocycles. The van der Waals surface area contributed by atoms with Crippen LogP contribution in [0.4, 0.5) is 14.7 Å². The average molecular weight is 287 g/mol. The SMILES string of the molecule is CN(C)c1nc(Cl)nc(Oc2ccc(F)c(F)c2)n1. The van der Waals surface area contributed by atoms with Crippen molar-refractivity contribution in [3.05, 3.63) is 35.1 Å². The average Bonchev–Trinajstić information content (AvgIpc) is 2.33. The number of halogens is 3. The molecule has 0 amide bonds. The zero-order valence-corrected chi connectivity index (χ0v) is 10.8. The lowest BCUT2D eigenvalue weighted by Gasteiger charge is -2.11. The molecule has 0 aliphatic carbocycles. The summed E-state index contributed by atoms with van der Waals surface area (Å²) in [6.45, 7) is 0. The third-order valence-corrected chi connectivity index (χ3v) is 2.25. The Balaban J connectivity index is 2.29. The fourth-order valence-corrected chi connectivity index (χ4v) is 1.36. The van der Waals surface area contributed by atoms with E-state index in [1.165, 1.54) is 6.07 Å². The van der Waals surface area contributed by atoms with Gasteiger partial charge in [-0.15, -0.1) is 0 Å². The van der Waals surface area contributed by atoms with Gasteiger partial charge in [-0.05, 0) is 23.7 Å². The molecule has 1 heterocycles. The summed E-state index contributed by atoms with van der Waals surface area (Å²) in [5.74, 6) is -1.64. The van der Waals surface area contributed by atoms with Crippen LogP contribution in [0.3, 0.4) is 0 Å². The van der Waals surface area contributed by atoms with Crippen molar-refractivity contribution in [2.24, 2.45) is 0 Å². The molecule has 0 radical (unpaired) electrons. The van der Waals surface area contributed by atoms with Gasteiger partial charge >= 0.3 is 6.01 Å². The van der Waals surface area contributed by atoms with Gasteiger partial charge < -0.3 is 9.64 Å². The van der Waals surface area contributed by atoms with Crippen molar-refractivity contribution >= 4 is 17.5 Å². The number of hydrogen-bond donors (Lipinski definition) is 0. The summed E-state index contributed by atoms with van der Waals surface area (Å²) in [6, 6.07) is 2.99. The van der Waals surface area contributed by atoms with Crippen LogP contribution in [-0.2, 0) is 0 Å². The Hall–Kier alpha value is -2.02. The number of hydrogen-bond acceptors (Lipinski definition) is 5. The minimum Gasteiger partial charge on any atom is -0.424 e. The predicted octanol–water partition coefficient (Wildman–Crippen LogP) is 2.66. The van der Waals surface area contributed by atoms with E-state index in [4.69, 9.17) is 16.3 Å². The molecule has 0 aliphatic rings. The van der Waals surface area contributed by atoms with Crippen molar-refractivity contribution in [1.82, 2.24) is 15.0 Å². The number of benzene rings is 1. The summed E-state index contributed by atoms with van der Waals surface area (Å²) >= 11 is 5.71. The number of nitrogens with zero attached hydrogens (tertiary/aromatic N) is 4. The molecule has 100 valence electrons. The van der Waals surface area contributed by atoms with E-state index in [1.54, 1.807) is 19.0 Å². The first-order valence-corrected chi connectivity index (χ1v) is 5.55. The number of aromatic nitrogens is 3. The highest BCUT2D eigenvalue weighted by atomic mass is 35.5. The predicted molar refractivity (Wildman–Crippen MR) is 65.6 cm³/mol. The quantitative estimate of drug-likeness (QED) is 0.868. The molecule has 0 fully saturated rings. The van der Waals surface area contributed by atoms with Crippen molar-refractivity contribution in [1.29, 1.82) is 0 Å². The van der Waals surface area contributed by atoms with Gasteiger partial charge in [0.25, 0.3) is 0 Å². The Morgan fingerprint density at radius 3 is 2.47 bits per heavy atom. The van der Waals surface area contributed by atoms with Crippen LogP contribution in [0.2, 0.25) is 5.28 Å². The van der Waals surface area contributed by atoms with Gasteiger partial charge in [0.2, 0.25) is 11.2 Å². The highest BCUT2D eigenvalue weighted by Crippen LogP contribution is 2.22. The van der Waals surface area contributed by atoms with Crippen LogP contribution >= 0.6 is 11.6 Å². The largest absolute Gasteiger partial charge is 0.424 e. The summed E-state index contributed by atoms with van der Waals surface area (Å²) in [5.41, 5.74) is 0. The monoisotopic (exact) mass is 286 g/mol. The van der Waals surface area contributed by atoms with Gasteiger partial charge in [0.15, 0.2) is 11.6 Å². The summed E-state index contributed by atoms with van der Waals surface area (Å²) in [5, 5.41) is -0.0590. The van der Waals surface area contributed by atoms with E-state index >= 15 is 0 Å². The van der Waals surface area contributed by atoms with Crippen molar-refractivity contribution < 1.29 is 13.5 Å². The highest BCUT2D eigenvalue weighted by Gasteiger charge is 2.10. The first-order valence-electron chi connectivity index (χ1n) is 5.17. The molecule has 19 heavy (non-hydrogen) atoms. The van der Waals surface area contributed by atoms with Crippen LogP contribution in [0.5, 0.6) is 11.8 Å². The summed E-state index contributed by atoms with van der Waals surface area (Å²) in [4.78, 5) is 13.2. The van der Waals surface area contributed by atoms with Gasteiger partial charge in [0.1, 0.15) is 5.75 Å². The number of rotatable bonds is 3. The van der Waals surface area contributed by atoms with Crippen LogP contribution < -0.4 is 9.64 Å². The van der Waals surface area contributed by atoms with Gasteiger partial charge in [-0.3, -0.25) is 0 Å². The maximum absolute atomic E-state index is 13.0. The Kier molecular flexibility index (Phi) is 3.75. The van der Waals surface area contributed by atoms with Gasteiger partial charge in [-0.1, -0.05) is 0 Å². The second-order valence-corrected chi connectivity index (χ2v) is 4.10. The molecule has 1 aromatic heterocycles. The minimum atomic E-state index is -1.02. The van der Waals surface area contributed by atoms with Gasteiger partial charge in [-0.25, -0.2) is 8.78 Å². The molecular weight excluding hydrogens is 278 g/mol. The van der Waals surface area contributed by atoms with Crippen molar-refractivity contribution in [2.75, 3.05) is 19.0 Å². The summed E-state index contributed by atoms with van der Waals surface area (Å²) in [7, 11) is 3.43. The van der Waals surface area contributed by atoms with E-state index < -0.39 is 11.6 Å². The molecule has 0 atom stereocenters. The van der Waals surface area contributed by atoms with Gasteiger partial charge in [0.05, 0.1) is 0 Å². The van der Waals surface area contributed by atoms with Crippen molar-refractivity contribution in [3.8, 4) is 11.8 Å². The van der Waals surface area contributed by atoms with Crippen LogP contribution in [0.1, 0.15) is 0 Å². The maximum Gasteiger partial charge on any atom is 0.328 e. The fourth-order valence-electron chi connectivity index (χ4n) is 1.21. The molecule has 2 rings (SSSR count). The Morgan fingerprint density at radius 1 is 1.11 bits per heavy atom. The van der Waals surface area contributed by atoms with Crippen LogP contribution in [0, 0.1) is 11.6 Å². The molecule has 0 saturated carbocycles. The molecule has 0 aliphatic heterocycles. The highest BCUT2D eigenvalue weighted by molar-refractivity contribution is 6.28.